The predicted molar refractivity (Wildman–Crippen MR) is 172 cm³/mol. The molecule has 0 heterocycles. The molecular formula is C33H30N4O6S. The van der Waals surface area contributed by atoms with Crippen LogP contribution in [0.2, 0.25) is 0 Å². The second-order valence-electron chi connectivity index (χ2n) is 9.64. The summed E-state index contributed by atoms with van der Waals surface area (Å²) in [6, 6.07) is 26.9. The van der Waals surface area contributed by atoms with Gasteiger partial charge in [-0.1, -0.05) is 36.4 Å². The number of carbonyl (C=O) groups is 3. The van der Waals surface area contributed by atoms with E-state index in [4.69, 9.17) is 4.74 Å². The highest BCUT2D eigenvalue weighted by atomic mass is 32.2. The van der Waals surface area contributed by atoms with Crippen molar-refractivity contribution in [3.05, 3.63) is 130 Å². The monoisotopic (exact) mass is 610 g/mol. The van der Waals surface area contributed by atoms with E-state index < -0.39 is 22.0 Å². The Kier molecular flexibility index (Phi) is 10.5. The van der Waals surface area contributed by atoms with Crippen LogP contribution in [-0.2, 0) is 9.59 Å². The first kappa shape index (κ1) is 31.5. The van der Waals surface area contributed by atoms with Gasteiger partial charge in [0.25, 0.3) is 17.5 Å². The first-order valence-electron chi connectivity index (χ1n) is 13.5. The molecule has 0 aliphatic rings. The van der Waals surface area contributed by atoms with Crippen LogP contribution in [0.15, 0.2) is 108 Å². The third kappa shape index (κ3) is 8.55. The number of carbonyl (C=O) groups excluding carboxylic acids is 3. The minimum absolute atomic E-state index is 0.0244. The fraction of sp³-hybridized carbons (Fsp3) is 0.121. The van der Waals surface area contributed by atoms with Crippen LogP contribution in [0.4, 0.5) is 17.1 Å². The molecule has 0 fully saturated rings. The van der Waals surface area contributed by atoms with E-state index in [1.165, 1.54) is 30.0 Å². The molecule has 4 aromatic carbocycles. The summed E-state index contributed by atoms with van der Waals surface area (Å²) in [5.41, 5.74) is 2.54. The largest absolute Gasteiger partial charge is 0.497 e. The van der Waals surface area contributed by atoms with Crippen molar-refractivity contribution in [3.63, 3.8) is 0 Å². The highest BCUT2D eigenvalue weighted by Gasteiger charge is 2.19. The summed E-state index contributed by atoms with van der Waals surface area (Å²) < 4.78 is 5.28. The topological polar surface area (TPSA) is 140 Å². The van der Waals surface area contributed by atoms with E-state index in [2.05, 4.69) is 16.0 Å². The number of methoxy groups -OCH3 is 1. The molecule has 0 saturated heterocycles. The summed E-state index contributed by atoms with van der Waals surface area (Å²) in [6.07, 6.45) is 1.56. The number of amides is 3. The summed E-state index contributed by atoms with van der Waals surface area (Å²) in [5.74, 6) is -0.672. The van der Waals surface area contributed by atoms with Gasteiger partial charge in [-0.2, -0.15) is 0 Å². The lowest BCUT2D eigenvalue weighted by Crippen LogP contribution is -2.30. The van der Waals surface area contributed by atoms with Crippen LogP contribution in [0.5, 0.6) is 5.75 Å². The molecule has 3 amide bonds. The van der Waals surface area contributed by atoms with E-state index in [-0.39, 0.29) is 17.3 Å². The Morgan fingerprint density at radius 3 is 2.36 bits per heavy atom. The maximum absolute atomic E-state index is 13.4. The Bertz CT molecular complexity index is 1720. The maximum atomic E-state index is 13.4. The van der Waals surface area contributed by atoms with Gasteiger partial charge in [0.1, 0.15) is 11.4 Å². The lowest BCUT2D eigenvalue weighted by Gasteiger charge is -2.15. The van der Waals surface area contributed by atoms with Crippen LogP contribution >= 0.6 is 11.8 Å². The van der Waals surface area contributed by atoms with Crippen molar-refractivity contribution in [2.75, 3.05) is 17.7 Å². The van der Waals surface area contributed by atoms with Crippen molar-refractivity contribution < 1.29 is 24.0 Å². The van der Waals surface area contributed by atoms with E-state index in [9.17, 15) is 24.5 Å². The summed E-state index contributed by atoms with van der Waals surface area (Å²) in [5, 5.41) is 18.8. The predicted octanol–water partition coefficient (Wildman–Crippen LogP) is 6.44. The second-order valence-corrected chi connectivity index (χ2v) is 11.1. The Morgan fingerprint density at radius 2 is 1.66 bits per heavy atom. The van der Waals surface area contributed by atoms with Crippen molar-refractivity contribution in [1.29, 1.82) is 0 Å². The quantitative estimate of drug-likeness (QED) is 0.0768. The van der Waals surface area contributed by atoms with E-state index in [1.54, 1.807) is 99.8 Å². The normalized spacial score (nSPS) is 11.7. The molecule has 0 saturated carbocycles. The summed E-state index contributed by atoms with van der Waals surface area (Å²) in [7, 11) is 1.54. The van der Waals surface area contributed by atoms with Crippen LogP contribution in [-0.4, -0.2) is 35.0 Å². The van der Waals surface area contributed by atoms with Crippen LogP contribution in [0.3, 0.4) is 0 Å². The number of nitro groups is 1. The lowest BCUT2D eigenvalue weighted by molar-refractivity contribution is -0.384. The van der Waals surface area contributed by atoms with Gasteiger partial charge in [0.15, 0.2) is 0 Å². The molecule has 4 aromatic rings. The highest BCUT2D eigenvalue weighted by Crippen LogP contribution is 2.28. The number of non-ortho nitro benzene ring substituents is 1. The number of nitrogens with zero attached hydrogens (tertiary/aromatic N) is 1. The van der Waals surface area contributed by atoms with E-state index in [0.29, 0.717) is 33.8 Å². The number of nitro benzene ring substituents is 1. The van der Waals surface area contributed by atoms with Gasteiger partial charge in [-0.05, 0) is 79.6 Å². The van der Waals surface area contributed by atoms with Gasteiger partial charge in [0, 0.05) is 34.0 Å². The number of hydrogen-bond acceptors (Lipinski definition) is 7. The average Bonchev–Trinajstić information content (AvgIpc) is 3.02. The van der Waals surface area contributed by atoms with Crippen molar-refractivity contribution in [2.45, 2.75) is 24.0 Å². The minimum atomic E-state index is -0.543. The number of hydrogen-bond donors (Lipinski definition) is 3. The molecule has 4 rings (SSSR count). The molecule has 1 unspecified atom stereocenters. The van der Waals surface area contributed by atoms with Crippen LogP contribution in [0.1, 0.15) is 28.4 Å². The second kappa shape index (κ2) is 14.7. The Balaban J connectivity index is 1.48. The van der Waals surface area contributed by atoms with Crippen LogP contribution in [0, 0.1) is 17.0 Å². The molecule has 3 N–H and O–H groups in total. The van der Waals surface area contributed by atoms with Gasteiger partial charge in [-0.3, -0.25) is 24.5 Å². The molecular weight excluding hydrogens is 580 g/mol. The number of benzene rings is 4. The smallest absolute Gasteiger partial charge is 0.272 e. The van der Waals surface area contributed by atoms with Crippen LogP contribution < -0.4 is 20.7 Å². The zero-order chi connectivity index (χ0) is 31.6. The molecule has 0 aliphatic carbocycles. The van der Waals surface area contributed by atoms with E-state index >= 15 is 0 Å². The zero-order valence-electron chi connectivity index (χ0n) is 24.2. The molecule has 224 valence electrons. The summed E-state index contributed by atoms with van der Waals surface area (Å²) >= 11 is 1.28. The molecule has 11 heteroatoms. The maximum Gasteiger partial charge on any atom is 0.272 e. The summed E-state index contributed by atoms with van der Waals surface area (Å²) in [6.45, 7) is 3.42. The van der Waals surface area contributed by atoms with Gasteiger partial charge in [-0.25, -0.2) is 0 Å². The fourth-order valence-electron chi connectivity index (χ4n) is 4.08. The molecule has 44 heavy (non-hydrogen) atoms. The summed E-state index contributed by atoms with van der Waals surface area (Å²) in [4.78, 5) is 50.5. The first-order valence-corrected chi connectivity index (χ1v) is 14.4. The Labute approximate surface area is 258 Å². The number of rotatable bonds is 11. The fourth-order valence-corrected chi connectivity index (χ4v) is 5.01. The first-order chi connectivity index (χ1) is 21.1. The van der Waals surface area contributed by atoms with Gasteiger partial charge < -0.3 is 20.7 Å². The molecule has 0 aromatic heterocycles. The number of nitrogens with one attached hydrogen (secondary N) is 3. The lowest BCUT2D eigenvalue weighted by atomic mass is 10.1. The van der Waals surface area contributed by atoms with Gasteiger partial charge >= 0.3 is 0 Å². The molecule has 0 spiro atoms. The van der Waals surface area contributed by atoms with E-state index in [0.717, 1.165) is 4.90 Å². The van der Waals surface area contributed by atoms with Crippen molar-refractivity contribution in [3.8, 4) is 5.75 Å². The molecule has 1 atom stereocenters. The van der Waals surface area contributed by atoms with Gasteiger partial charge in [0.2, 0.25) is 5.91 Å². The SMILES string of the molecule is COc1cccc(/C=C(\NC(=O)c2ccccc2)C(=O)Nc2cccc(SC(C)C(=O)Nc3ccc([N+](=O)[O-])cc3C)c2)c1. The number of anilines is 2. The molecule has 0 aliphatic heterocycles. The third-order valence-electron chi connectivity index (χ3n) is 6.39. The van der Waals surface area contributed by atoms with E-state index in [1.807, 2.05) is 6.07 Å². The molecule has 0 radical (unpaired) electrons. The third-order valence-corrected chi connectivity index (χ3v) is 7.48. The zero-order valence-corrected chi connectivity index (χ0v) is 25.0. The van der Waals surface area contributed by atoms with Crippen molar-refractivity contribution >= 4 is 52.6 Å². The number of ether oxygens (including phenoxy) is 1. The highest BCUT2D eigenvalue weighted by molar-refractivity contribution is 8.00. The number of aryl methyl sites for hydroxylation is 1. The van der Waals surface area contributed by atoms with Crippen molar-refractivity contribution in [1.82, 2.24) is 5.32 Å². The Hall–Kier alpha value is -5.42. The van der Waals surface area contributed by atoms with Crippen LogP contribution in [0.25, 0.3) is 6.08 Å². The minimum Gasteiger partial charge on any atom is -0.497 e. The number of thioether (sulfide) groups is 1. The van der Waals surface area contributed by atoms with Crippen molar-refractivity contribution in [2.24, 2.45) is 0 Å². The Morgan fingerprint density at radius 1 is 0.909 bits per heavy atom. The standard InChI is InChI=1S/C33H30N4O6S/c1-21-17-26(37(41)42)15-16-29(21)35-31(38)22(2)44-28-14-8-12-25(20-28)34-33(40)30(19-23-9-7-13-27(18-23)43-3)36-32(39)24-10-5-4-6-11-24/h4-20,22H,1-3H3,(H,34,40)(H,35,38)(H,36,39)/b30-19-. The van der Waals surface area contributed by atoms with Gasteiger partial charge in [0.05, 0.1) is 17.3 Å². The molecule has 10 nitrogen and oxygen atoms in total. The molecule has 0 bridgehead atoms. The average molecular weight is 611 g/mol. The van der Waals surface area contributed by atoms with Gasteiger partial charge in [-0.15, -0.1) is 11.8 Å².